The van der Waals surface area contributed by atoms with Gasteiger partial charge in [0.05, 0.1) is 0 Å². The second-order valence-electron chi connectivity index (χ2n) is 7.13. The van der Waals surface area contributed by atoms with Crippen LogP contribution in [0, 0.1) is 5.92 Å². The highest BCUT2D eigenvalue weighted by Gasteiger charge is 2.13. The monoisotopic (exact) mass is 254 g/mol. The predicted octanol–water partition coefficient (Wildman–Crippen LogP) is 3.71. The Morgan fingerprint density at radius 3 is 2.22 bits per heavy atom. The first kappa shape index (κ1) is 16.0. The molecule has 1 aliphatic rings. The van der Waals surface area contributed by atoms with E-state index < -0.39 is 0 Å². The van der Waals surface area contributed by atoms with Crippen molar-refractivity contribution < 1.29 is 0 Å². The molecule has 2 heteroatoms. The molecule has 0 bridgehead atoms. The Kier molecular flexibility index (Phi) is 7.25. The first-order chi connectivity index (χ1) is 8.47. The van der Waals surface area contributed by atoms with Crippen LogP contribution in [0.15, 0.2) is 0 Å². The Morgan fingerprint density at radius 1 is 1.06 bits per heavy atom. The van der Waals surface area contributed by atoms with E-state index >= 15 is 0 Å². The summed E-state index contributed by atoms with van der Waals surface area (Å²) in [6.45, 7) is 11.2. The van der Waals surface area contributed by atoms with E-state index in [4.69, 9.17) is 0 Å². The minimum Gasteiger partial charge on any atom is -0.313 e. The summed E-state index contributed by atoms with van der Waals surface area (Å²) in [4.78, 5) is 0. The number of hydrogen-bond acceptors (Lipinski definition) is 2. The van der Waals surface area contributed by atoms with E-state index in [1.54, 1.807) is 0 Å². The van der Waals surface area contributed by atoms with Gasteiger partial charge in [0.1, 0.15) is 0 Å². The summed E-state index contributed by atoms with van der Waals surface area (Å²) < 4.78 is 0. The van der Waals surface area contributed by atoms with E-state index in [0.717, 1.165) is 12.5 Å². The lowest BCUT2D eigenvalue weighted by molar-refractivity contribution is 0.367. The van der Waals surface area contributed by atoms with Gasteiger partial charge in [-0.1, -0.05) is 38.5 Å². The molecule has 2 nitrogen and oxygen atoms in total. The fourth-order valence-corrected chi connectivity index (χ4v) is 2.72. The van der Waals surface area contributed by atoms with Crippen LogP contribution in [0.2, 0.25) is 0 Å². The number of nitrogens with one attached hydrogen (secondary N) is 2. The first-order valence-corrected chi connectivity index (χ1v) is 7.96. The van der Waals surface area contributed by atoms with Crippen molar-refractivity contribution in [3.05, 3.63) is 0 Å². The molecule has 0 aromatic rings. The van der Waals surface area contributed by atoms with Gasteiger partial charge >= 0.3 is 0 Å². The minimum atomic E-state index is 0.233. The minimum absolute atomic E-state index is 0.233. The quantitative estimate of drug-likeness (QED) is 0.706. The van der Waals surface area contributed by atoms with Gasteiger partial charge in [-0.05, 0) is 46.6 Å². The second-order valence-corrected chi connectivity index (χ2v) is 7.13. The zero-order chi connectivity index (χ0) is 13.4. The molecular formula is C16H34N2. The fourth-order valence-electron chi connectivity index (χ4n) is 2.72. The fraction of sp³-hybridized carbons (Fsp3) is 1.00. The molecule has 0 aromatic heterocycles. The maximum absolute atomic E-state index is 3.66. The molecule has 0 aromatic carbocycles. The van der Waals surface area contributed by atoms with Crippen molar-refractivity contribution in [1.82, 2.24) is 10.6 Å². The van der Waals surface area contributed by atoms with Crippen LogP contribution in [0.25, 0.3) is 0 Å². The molecule has 0 radical (unpaired) electrons. The zero-order valence-electron chi connectivity index (χ0n) is 13.0. The van der Waals surface area contributed by atoms with Crippen LogP contribution in [0.1, 0.15) is 72.6 Å². The Morgan fingerprint density at radius 2 is 1.67 bits per heavy atom. The van der Waals surface area contributed by atoms with Crippen LogP contribution in [-0.4, -0.2) is 24.7 Å². The van der Waals surface area contributed by atoms with Gasteiger partial charge in [0.15, 0.2) is 0 Å². The second kappa shape index (κ2) is 8.16. The molecule has 1 aliphatic carbocycles. The summed E-state index contributed by atoms with van der Waals surface area (Å²) in [5.41, 5.74) is 0.233. The van der Waals surface area contributed by atoms with E-state index in [0.29, 0.717) is 6.04 Å². The summed E-state index contributed by atoms with van der Waals surface area (Å²) in [5.74, 6) is 0.989. The van der Waals surface area contributed by atoms with Crippen LogP contribution in [-0.2, 0) is 0 Å². The molecule has 1 saturated carbocycles. The molecular weight excluding hydrogens is 220 g/mol. The standard InChI is InChI=1S/C16H34N2/c1-14(13-18-16(2,3)4)17-12-11-15-9-7-5-6-8-10-15/h14-15,17-18H,5-13H2,1-4H3. The van der Waals surface area contributed by atoms with Crippen molar-refractivity contribution in [3.8, 4) is 0 Å². The zero-order valence-corrected chi connectivity index (χ0v) is 13.0. The van der Waals surface area contributed by atoms with Gasteiger partial charge < -0.3 is 10.6 Å². The van der Waals surface area contributed by atoms with E-state index in [1.165, 1.54) is 51.5 Å². The summed E-state index contributed by atoms with van der Waals surface area (Å²) in [7, 11) is 0. The molecule has 0 heterocycles. The highest BCUT2D eigenvalue weighted by Crippen LogP contribution is 2.24. The van der Waals surface area contributed by atoms with Crippen molar-refractivity contribution in [3.63, 3.8) is 0 Å². The van der Waals surface area contributed by atoms with Crippen LogP contribution < -0.4 is 10.6 Å². The lowest BCUT2D eigenvalue weighted by Crippen LogP contribution is -2.44. The maximum atomic E-state index is 3.66. The Bertz CT molecular complexity index is 200. The molecule has 108 valence electrons. The van der Waals surface area contributed by atoms with Crippen LogP contribution >= 0.6 is 0 Å². The van der Waals surface area contributed by atoms with Crippen LogP contribution in [0.5, 0.6) is 0 Å². The number of hydrogen-bond donors (Lipinski definition) is 2. The number of rotatable bonds is 6. The molecule has 0 saturated heterocycles. The van der Waals surface area contributed by atoms with Crippen molar-refractivity contribution in [2.45, 2.75) is 84.2 Å². The molecule has 0 amide bonds. The van der Waals surface area contributed by atoms with Crippen molar-refractivity contribution >= 4 is 0 Å². The van der Waals surface area contributed by atoms with E-state index in [9.17, 15) is 0 Å². The van der Waals surface area contributed by atoms with Crippen molar-refractivity contribution in [2.75, 3.05) is 13.1 Å². The van der Waals surface area contributed by atoms with E-state index in [2.05, 4.69) is 38.3 Å². The molecule has 0 spiro atoms. The van der Waals surface area contributed by atoms with Gasteiger partial charge in [0.2, 0.25) is 0 Å². The summed E-state index contributed by atoms with van der Waals surface area (Å²) >= 11 is 0. The van der Waals surface area contributed by atoms with Gasteiger partial charge in [0.25, 0.3) is 0 Å². The molecule has 1 atom stereocenters. The Labute approximate surface area is 114 Å². The highest BCUT2D eigenvalue weighted by atomic mass is 15.0. The van der Waals surface area contributed by atoms with Crippen molar-refractivity contribution in [1.29, 1.82) is 0 Å². The topological polar surface area (TPSA) is 24.1 Å². The van der Waals surface area contributed by atoms with Gasteiger partial charge in [-0.3, -0.25) is 0 Å². The average Bonchev–Trinajstić information content (AvgIpc) is 2.54. The SMILES string of the molecule is CC(CNC(C)(C)C)NCCC1CCCCCC1. The summed E-state index contributed by atoms with van der Waals surface area (Å²) in [5, 5.41) is 7.22. The van der Waals surface area contributed by atoms with Crippen molar-refractivity contribution in [2.24, 2.45) is 5.92 Å². The molecule has 0 aliphatic heterocycles. The van der Waals surface area contributed by atoms with Gasteiger partial charge in [-0.25, -0.2) is 0 Å². The highest BCUT2D eigenvalue weighted by molar-refractivity contribution is 4.75. The summed E-state index contributed by atoms with van der Waals surface area (Å²) in [6, 6.07) is 0.579. The van der Waals surface area contributed by atoms with Gasteiger partial charge in [-0.15, -0.1) is 0 Å². The predicted molar refractivity (Wildman–Crippen MR) is 81.0 cm³/mol. The lowest BCUT2D eigenvalue weighted by atomic mass is 9.96. The maximum Gasteiger partial charge on any atom is 0.0164 e. The van der Waals surface area contributed by atoms with E-state index in [1.807, 2.05) is 0 Å². The lowest BCUT2D eigenvalue weighted by Gasteiger charge is -2.24. The smallest absolute Gasteiger partial charge is 0.0164 e. The third-order valence-electron chi connectivity index (χ3n) is 3.96. The Hall–Kier alpha value is -0.0800. The largest absolute Gasteiger partial charge is 0.313 e. The molecule has 1 rings (SSSR count). The van der Waals surface area contributed by atoms with E-state index in [-0.39, 0.29) is 5.54 Å². The van der Waals surface area contributed by atoms with Crippen LogP contribution in [0.4, 0.5) is 0 Å². The Balaban J connectivity index is 2.05. The molecule has 2 N–H and O–H groups in total. The average molecular weight is 254 g/mol. The summed E-state index contributed by atoms with van der Waals surface area (Å²) in [6.07, 6.45) is 10.2. The van der Waals surface area contributed by atoms with Gasteiger partial charge in [-0.2, -0.15) is 0 Å². The third kappa shape index (κ3) is 8.10. The van der Waals surface area contributed by atoms with Gasteiger partial charge in [0, 0.05) is 18.1 Å². The molecule has 18 heavy (non-hydrogen) atoms. The third-order valence-corrected chi connectivity index (χ3v) is 3.96. The first-order valence-electron chi connectivity index (χ1n) is 7.96. The normalized spacial score (nSPS) is 20.7. The van der Waals surface area contributed by atoms with Crippen LogP contribution in [0.3, 0.4) is 0 Å². The molecule has 1 unspecified atom stereocenters. The molecule has 1 fully saturated rings.